The van der Waals surface area contributed by atoms with E-state index in [2.05, 4.69) is 44.1 Å². The summed E-state index contributed by atoms with van der Waals surface area (Å²) in [6.07, 6.45) is 5.68. The minimum atomic E-state index is 0.0578. The van der Waals surface area contributed by atoms with Gasteiger partial charge in [-0.1, -0.05) is 25.5 Å². The predicted octanol–water partition coefficient (Wildman–Crippen LogP) is 3.57. The number of nitrogens with zero attached hydrogens (tertiary/aromatic N) is 1. The molecule has 1 aromatic rings. The maximum atomic E-state index is 12.4. The van der Waals surface area contributed by atoms with E-state index < -0.39 is 0 Å². The maximum absolute atomic E-state index is 12.4. The van der Waals surface area contributed by atoms with Gasteiger partial charge in [0.15, 0.2) is 0 Å². The van der Waals surface area contributed by atoms with Gasteiger partial charge in [-0.05, 0) is 43.7 Å². The normalized spacial score (nSPS) is 23.6. The summed E-state index contributed by atoms with van der Waals surface area (Å²) in [5, 5.41) is 3.02. The molecular formula is C16H22N2O. The highest BCUT2D eigenvalue weighted by Crippen LogP contribution is 2.59. The summed E-state index contributed by atoms with van der Waals surface area (Å²) in [7, 11) is 0. The van der Waals surface area contributed by atoms with Crippen LogP contribution in [0.25, 0.3) is 0 Å². The van der Waals surface area contributed by atoms with Crippen molar-refractivity contribution in [3.8, 4) is 0 Å². The number of hydrogen-bond acceptors (Lipinski definition) is 2. The van der Waals surface area contributed by atoms with E-state index >= 15 is 0 Å². The first-order valence-electron chi connectivity index (χ1n) is 6.70. The molecule has 0 aliphatic heterocycles. The Morgan fingerprint density at radius 2 is 2.11 bits per heavy atom. The van der Waals surface area contributed by atoms with E-state index in [-0.39, 0.29) is 17.2 Å². The van der Waals surface area contributed by atoms with Crippen molar-refractivity contribution in [1.82, 2.24) is 4.98 Å². The Bertz CT molecular complexity index is 527. The first-order chi connectivity index (χ1) is 8.84. The molecule has 1 N–H and O–H groups in total. The molecular weight excluding hydrogens is 236 g/mol. The number of pyridine rings is 1. The van der Waals surface area contributed by atoms with E-state index in [1.807, 2.05) is 13.0 Å². The summed E-state index contributed by atoms with van der Waals surface area (Å²) in [5.41, 5.74) is 3.18. The highest BCUT2D eigenvalue weighted by atomic mass is 16.2. The fourth-order valence-corrected chi connectivity index (χ4v) is 2.67. The van der Waals surface area contributed by atoms with Crippen LogP contribution in [-0.2, 0) is 4.79 Å². The number of allylic oxidation sites excluding steroid dienone is 2. The van der Waals surface area contributed by atoms with Gasteiger partial charge in [0, 0.05) is 18.1 Å². The largest absolute Gasteiger partial charge is 0.325 e. The summed E-state index contributed by atoms with van der Waals surface area (Å²) in [6.45, 7) is 10.4. The standard InChI is InChI=1S/C16H22N2O/c1-10(2)8-12-14(16(12,4)5)15(19)18-13-6-7-17-9-11(13)3/h6-9,12,14H,1-5H3,(H,17,18,19). The summed E-state index contributed by atoms with van der Waals surface area (Å²) in [6, 6.07) is 1.85. The number of rotatable bonds is 3. The number of hydrogen-bond donors (Lipinski definition) is 1. The van der Waals surface area contributed by atoms with Crippen molar-refractivity contribution in [2.45, 2.75) is 34.6 Å². The van der Waals surface area contributed by atoms with Crippen LogP contribution in [0.15, 0.2) is 30.1 Å². The second-order valence-corrected chi connectivity index (χ2v) is 6.25. The topological polar surface area (TPSA) is 42.0 Å². The molecule has 2 rings (SSSR count). The zero-order chi connectivity index (χ0) is 14.2. The average molecular weight is 258 g/mol. The van der Waals surface area contributed by atoms with Crippen molar-refractivity contribution in [1.29, 1.82) is 0 Å². The number of nitrogens with one attached hydrogen (secondary N) is 1. The van der Waals surface area contributed by atoms with Crippen LogP contribution in [0.1, 0.15) is 33.3 Å². The molecule has 0 spiro atoms. The average Bonchev–Trinajstić information content (AvgIpc) is 2.82. The molecule has 2 unspecified atom stereocenters. The van der Waals surface area contributed by atoms with Crippen LogP contribution < -0.4 is 5.32 Å². The molecule has 1 aliphatic carbocycles. The Balaban J connectivity index is 2.10. The molecule has 3 heteroatoms. The Kier molecular flexibility index (Phi) is 3.48. The zero-order valence-corrected chi connectivity index (χ0v) is 12.3. The van der Waals surface area contributed by atoms with Gasteiger partial charge in [-0.25, -0.2) is 0 Å². The number of aromatic nitrogens is 1. The second kappa shape index (κ2) is 4.80. The van der Waals surface area contributed by atoms with Gasteiger partial charge in [0.25, 0.3) is 0 Å². The molecule has 1 aromatic heterocycles. The lowest BCUT2D eigenvalue weighted by Crippen LogP contribution is -2.17. The minimum absolute atomic E-state index is 0.0578. The van der Waals surface area contributed by atoms with Crippen molar-refractivity contribution in [3.63, 3.8) is 0 Å². The third-order valence-corrected chi connectivity index (χ3v) is 3.98. The van der Waals surface area contributed by atoms with Crippen LogP contribution in [0.5, 0.6) is 0 Å². The van der Waals surface area contributed by atoms with E-state index in [0.29, 0.717) is 5.92 Å². The van der Waals surface area contributed by atoms with Crippen molar-refractivity contribution in [2.75, 3.05) is 5.32 Å². The van der Waals surface area contributed by atoms with Crippen LogP contribution >= 0.6 is 0 Å². The molecule has 1 saturated carbocycles. The molecule has 2 atom stereocenters. The Hall–Kier alpha value is -1.64. The van der Waals surface area contributed by atoms with E-state index in [0.717, 1.165) is 11.3 Å². The number of aryl methyl sites for hydroxylation is 1. The van der Waals surface area contributed by atoms with Crippen LogP contribution in [0.3, 0.4) is 0 Å². The second-order valence-electron chi connectivity index (χ2n) is 6.25. The quantitative estimate of drug-likeness (QED) is 0.842. The molecule has 0 radical (unpaired) electrons. The lowest BCUT2D eigenvalue weighted by molar-refractivity contribution is -0.118. The highest BCUT2D eigenvalue weighted by molar-refractivity contribution is 5.96. The number of carbonyl (C=O) groups is 1. The fourth-order valence-electron chi connectivity index (χ4n) is 2.67. The van der Waals surface area contributed by atoms with Crippen molar-refractivity contribution < 1.29 is 4.79 Å². The van der Waals surface area contributed by atoms with Gasteiger partial charge in [0.1, 0.15) is 0 Å². The Labute approximate surface area is 115 Å². The van der Waals surface area contributed by atoms with E-state index in [9.17, 15) is 4.79 Å². The maximum Gasteiger partial charge on any atom is 0.228 e. The minimum Gasteiger partial charge on any atom is -0.325 e. The van der Waals surface area contributed by atoms with Crippen LogP contribution in [0.2, 0.25) is 0 Å². The van der Waals surface area contributed by atoms with Crippen LogP contribution in [-0.4, -0.2) is 10.9 Å². The van der Waals surface area contributed by atoms with E-state index in [1.165, 1.54) is 5.57 Å². The lowest BCUT2D eigenvalue weighted by Gasteiger charge is -2.08. The third kappa shape index (κ3) is 2.70. The summed E-state index contributed by atoms with van der Waals surface area (Å²) >= 11 is 0. The summed E-state index contributed by atoms with van der Waals surface area (Å²) in [5.74, 6) is 0.524. The van der Waals surface area contributed by atoms with Gasteiger partial charge >= 0.3 is 0 Å². The summed E-state index contributed by atoms with van der Waals surface area (Å²) < 4.78 is 0. The van der Waals surface area contributed by atoms with Gasteiger partial charge in [-0.15, -0.1) is 0 Å². The predicted molar refractivity (Wildman–Crippen MR) is 77.8 cm³/mol. The number of carbonyl (C=O) groups excluding carboxylic acids is 1. The lowest BCUT2D eigenvalue weighted by atomic mass is 10.1. The van der Waals surface area contributed by atoms with Gasteiger partial charge in [0.05, 0.1) is 5.92 Å². The SMILES string of the molecule is CC(C)=CC1C(C(=O)Nc2ccncc2C)C1(C)C. The molecule has 1 aliphatic rings. The molecule has 102 valence electrons. The molecule has 19 heavy (non-hydrogen) atoms. The van der Waals surface area contributed by atoms with Gasteiger partial charge in [-0.2, -0.15) is 0 Å². The van der Waals surface area contributed by atoms with Crippen molar-refractivity contribution in [3.05, 3.63) is 35.7 Å². The van der Waals surface area contributed by atoms with Gasteiger partial charge in [0.2, 0.25) is 5.91 Å². The first kappa shape index (κ1) is 13.8. The van der Waals surface area contributed by atoms with Crippen molar-refractivity contribution >= 4 is 11.6 Å². The molecule has 1 amide bonds. The van der Waals surface area contributed by atoms with E-state index in [4.69, 9.17) is 0 Å². The molecule has 0 aromatic carbocycles. The Morgan fingerprint density at radius 3 is 2.68 bits per heavy atom. The zero-order valence-electron chi connectivity index (χ0n) is 12.3. The Morgan fingerprint density at radius 1 is 1.42 bits per heavy atom. The summed E-state index contributed by atoms with van der Waals surface area (Å²) in [4.78, 5) is 16.4. The molecule has 0 bridgehead atoms. The van der Waals surface area contributed by atoms with Crippen molar-refractivity contribution in [2.24, 2.45) is 17.3 Å². The van der Waals surface area contributed by atoms with Gasteiger partial charge < -0.3 is 5.32 Å². The van der Waals surface area contributed by atoms with E-state index in [1.54, 1.807) is 12.4 Å². The number of anilines is 1. The molecule has 0 saturated heterocycles. The highest BCUT2D eigenvalue weighted by Gasteiger charge is 2.60. The molecule has 1 heterocycles. The number of amides is 1. The van der Waals surface area contributed by atoms with Crippen LogP contribution in [0, 0.1) is 24.2 Å². The van der Waals surface area contributed by atoms with Crippen LogP contribution in [0.4, 0.5) is 5.69 Å². The molecule has 3 nitrogen and oxygen atoms in total. The fraction of sp³-hybridized carbons (Fsp3) is 0.500. The smallest absolute Gasteiger partial charge is 0.228 e. The first-order valence-corrected chi connectivity index (χ1v) is 6.70. The third-order valence-electron chi connectivity index (χ3n) is 3.98. The van der Waals surface area contributed by atoms with Gasteiger partial charge in [-0.3, -0.25) is 9.78 Å². The monoisotopic (exact) mass is 258 g/mol. The molecule has 1 fully saturated rings.